The molecule has 1 N–H and O–H groups in total. The monoisotopic (exact) mass is 424 g/mol. The Morgan fingerprint density at radius 2 is 1.90 bits per heavy atom. The summed E-state index contributed by atoms with van der Waals surface area (Å²) >= 11 is 0. The van der Waals surface area contributed by atoms with Crippen LogP contribution >= 0.6 is 0 Å². The number of fused-ring (bicyclic) bond motifs is 1. The maximum atomic E-state index is 13.3. The smallest absolute Gasteiger partial charge is 0.416 e. The van der Waals surface area contributed by atoms with E-state index in [9.17, 15) is 27.1 Å². The molecule has 30 heavy (non-hydrogen) atoms. The van der Waals surface area contributed by atoms with Gasteiger partial charge in [-0.1, -0.05) is 6.92 Å². The third-order valence-corrected chi connectivity index (χ3v) is 5.16. The minimum atomic E-state index is -4.62. The molecule has 1 aliphatic rings. The molecule has 0 spiro atoms. The zero-order valence-electron chi connectivity index (χ0n) is 15.8. The number of phenols is 1. The Labute approximate surface area is 168 Å². The van der Waals surface area contributed by atoms with E-state index in [0.717, 1.165) is 24.6 Å². The zero-order chi connectivity index (χ0) is 21.6. The Hall–Kier alpha value is -3.04. The SMILES string of the molecule is C[C@@H]1CCN(c2nnc(-c3ccc(C(F)(F)F)cc3O)c3ccc(C(F)F)nc23)C1. The number of benzene rings is 1. The number of halogens is 5. The molecule has 0 aliphatic carbocycles. The van der Waals surface area contributed by atoms with Gasteiger partial charge in [0.1, 0.15) is 22.7 Å². The maximum Gasteiger partial charge on any atom is 0.416 e. The molecule has 2 aromatic heterocycles. The van der Waals surface area contributed by atoms with Gasteiger partial charge in [-0.15, -0.1) is 10.2 Å². The van der Waals surface area contributed by atoms with Crippen LogP contribution in [0.4, 0.5) is 27.8 Å². The van der Waals surface area contributed by atoms with E-state index in [1.54, 1.807) is 0 Å². The Morgan fingerprint density at radius 1 is 1.13 bits per heavy atom. The minimum absolute atomic E-state index is 0.00781. The summed E-state index contributed by atoms with van der Waals surface area (Å²) in [4.78, 5) is 5.96. The molecule has 0 unspecified atom stereocenters. The number of phenolic OH excluding ortho intramolecular Hbond substituents is 1. The molecule has 0 radical (unpaired) electrons. The average Bonchev–Trinajstić information content (AvgIpc) is 3.12. The lowest BCUT2D eigenvalue weighted by atomic mass is 10.0. The molecule has 1 fully saturated rings. The zero-order valence-corrected chi connectivity index (χ0v) is 15.8. The van der Waals surface area contributed by atoms with E-state index in [1.165, 1.54) is 6.07 Å². The van der Waals surface area contributed by atoms with Crippen LogP contribution in [0.5, 0.6) is 5.75 Å². The predicted molar refractivity (Wildman–Crippen MR) is 100 cm³/mol. The second kappa shape index (κ2) is 7.33. The summed E-state index contributed by atoms with van der Waals surface area (Å²) in [7, 11) is 0. The summed E-state index contributed by atoms with van der Waals surface area (Å²) in [5, 5.41) is 18.8. The van der Waals surface area contributed by atoms with Crippen molar-refractivity contribution >= 4 is 16.7 Å². The Bertz CT molecular complexity index is 1100. The van der Waals surface area contributed by atoms with Gasteiger partial charge in [0.25, 0.3) is 6.43 Å². The molecule has 3 aromatic rings. The van der Waals surface area contributed by atoms with Gasteiger partial charge >= 0.3 is 6.18 Å². The molecule has 1 aliphatic heterocycles. The summed E-state index contributed by atoms with van der Waals surface area (Å²) in [6, 6.07) is 5.02. The number of nitrogens with zero attached hydrogens (tertiary/aromatic N) is 4. The van der Waals surface area contributed by atoms with Crippen molar-refractivity contribution in [3.8, 4) is 17.0 Å². The van der Waals surface area contributed by atoms with Crippen LogP contribution in [-0.4, -0.2) is 33.4 Å². The number of aromatic nitrogens is 3. The molecule has 1 saturated heterocycles. The first kappa shape index (κ1) is 20.2. The highest BCUT2D eigenvalue weighted by Crippen LogP contribution is 2.39. The summed E-state index contributed by atoms with van der Waals surface area (Å²) in [6.07, 6.45) is -6.51. The highest BCUT2D eigenvalue weighted by Gasteiger charge is 2.32. The molecule has 5 nitrogen and oxygen atoms in total. The van der Waals surface area contributed by atoms with Crippen LogP contribution in [0.3, 0.4) is 0 Å². The van der Waals surface area contributed by atoms with E-state index in [2.05, 4.69) is 22.1 Å². The van der Waals surface area contributed by atoms with E-state index in [1.807, 2.05) is 4.90 Å². The van der Waals surface area contributed by atoms with Gasteiger partial charge in [-0.2, -0.15) is 13.2 Å². The first-order valence-electron chi connectivity index (χ1n) is 9.26. The van der Waals surface area contributed by atoms with Crippen molar-refractivity contribution in [2.24, 2.45) is 5.92 Å². The average molecular weight is 424 g/mol. The molecule has 3 heterocycles. The van der Waals surface area contributed by atoms with Crippen molar-refractivity contribution < 1.29 is 27.1 Å². The van der Waals surface area contributed by atoms with E-state index in [-0.39, 0.29) is 16.8 Å². The van der Waals surface area contributed by atoms with Crippen molar-refractivity contribution in [3.05, 3.63) is 41.6 Å². The van der Waals surface area contributed by atoms with Crippen molar-refractivity contribution in [1.82, 2.24) is 15.2 Å². The number of hydrogen-bond acceptors (Lipinski definition) is 5. The van der Waals surface area contributed by atoms with Gasteiger partial charge < -0.3 is 10.0 Å². The Morgan fingerprint density at radius 3 is 2.50 bits per heavy atom. The van der Waals surface area contributed by atoms with Gasteiger partial charge in [0.15, 0.2) is 5.82 Å². The first-order chi connectivity index (χ1) is 14.1. The molecule has 0 saturated carbocycles. The first-order valence-corrected chi connectivity index (χ1v) is 9.26. The molecular formula is C20H17F5N4O. The summed E-state index contributed by atoms with van der Waals surface area (Å²) in [5.41, 5.74) is -1.20. The fourth-order valence-corrected chi connectivity index (χ4v) is 3.60. The molecule has 0 amide bonds. The quantitative estimate of drug-likeness (QED) is 0.586. The van der Waals surface area contributed by atoms with E-state index >= 15 is 0 Å². The Kier molecular flexibility index (Phi) is 4.95. The predicted octanol–water partition coefficient (Wildman–Crippen LogP) is 5.20. The van der Waals surface area contributed by atoms with Crippen molar-refractivity contribution in [3.63, 3.8) is 0 Å². The van der Waals surface area contributed by atoms with Gasteiger partial charge in [0, 0.05) is 24.0 Å². The third-order valence-electron chi connectivity index (χ3n) is 5.16. The summed E-state index contributed by atoms with van der Waals surface area (Å²) in [6.45, 7) is 3.38. The van der Waals surface area contributed by atoms with Crippen molar-refractivity contribution in [2.75, 3.05) is 18.0 Å². The second-order valence-electron chi connectivity index (χ2n) is 7.37. The number of aromatic hydroxyl groups is 1. The van der Waals surface area contributed by atoms with Gasteiger partial charge in [-0.3, -0.25) is 0 Å². The van der Waals surface area contributed by atoms with Crippen molar-refractivity contribution in [2.45, 2.75) is 25.9 Å². The second-order valence-corrected chi connectivity index (χ2v) is 7.37. The standard InChI is InChI=1S/C20H17F5N4O/c1-10-6-7-29(9-10)19-17-13(4-5-14(26-17)18(21)22)16(27-28-19)12-3-2-11(8-15(12)30)20(23,24)25/h2-5,8,10,18,30H,6-7,9H2,1H3/t10-/m1/s1. The lowest BCUT2D eigenvalue weighted by molar-refractivity contribution is -0.137. The van der Waals surface area contributed by atoms with Gasteiger partial charge in [0.2, 0.25) is 0 Å². The van der Waals surface area contributed by atoms with E-state index in [0.29, 0.717) is 36.3 Å². The fourth-order valence-electron chi connectivity index (χ4n) is 3.60. The lowest BCUT2D eigenvalue weighted by Crippen LogP contribution is -2.21. The van der Waals surface area contributed by atoms with Crippen LogP contribution < -0.4 is 4.90 Å². The third kappa shape index (κ3) is 3.61. The number of anilines is 1. The highest BCUT2D eigenvalue weighted by molar-refractivity contribution is 5.99. The largest absolute Gasteiger partial charge is 0.507 e. The topological polar surface area (TPSA) is 62.1 Å². The van der Waals surface area contributed by atoms with Crippen LogP contribution in [0.25, 0.3) is 22.2 Å². The van der Waals surface area contributed by atoms with Gasteiger partial charge in [-0.25, -0.2) is 13.8 Å². The van der Waals surface area contributed by atoms with Gasteiger partial charge in [0.05, 0.1) is 5.56 Å². The van der Waals surface area contributed by atoms with Gasteiger partial charge in [-0.05, 0) is 42.7 Å². The van der Waals surface area contributed by atoms with E-state index in [4.69, 9.17) is 0 Å². The molecule has 0 bridgehead atoms. The van der Waals surface area contributed by atoms with Crippen LogP contribution in [0.1, 0.15) is 31.0 Å². The number of hydrogen-bond donors (Lipinski definition) is 1. The van der Waals surface area contributed by atoms with Crippen LogP contribution in [0.2, 0.25) is 0 Å². The number of alkyl halides is 5. The normalized spacial score (nSPS) is 17.3. The van der Waals surface area contributed by atoms with Crippen LogP contribution in [-0.2, 0) is 6.18 Å². The number of rotatable bonds is 3. The molecule has 1 aromatic carbocycles. The van der Waals surface area contributed by atoms with E-state index < -0.39 is 29.6 Å². The summed E-state index contributed by atoms with van der Waals surface area (Å²) < 4.78 is 65.2. The molecule has 10 heteroatoms. The van der Waals surface area contributed by atoms with Crippen LogP contribution in [0, 0.1) is 5.92 Å². The maximum absolute atomic E-state index is 13.3. The highest BCUT2D eigenvalue weighted by atomic mass is 19.4. The lowest BCUT2D eigenvalue weighted by Gasteiger charge is -2.19. The van der Waals surface area contributed by atoms with Crippen LogP contribution in [0.15, 0.2) is 30.3 Å². The Balaban J connectivity index is 1.90. The summed E-state index contributed by atoms with van der Waals surface area (Å²) in [5.74, 6) is 0.0895. The molecule has 158 valence electrons. The molecule has 1 atom stereocenters. The molecule has 4 rings (SSSR count). The van der Waals surface area contributed by atoms with Crippen molar-refractivity contribution in [1.29, 1.82) is 0 Å². The molecular weight excluding hydrogens is 407 g/mol. The number of pyridine rings is 1. The fraction of sp³-hybridized carbons (Fsp3) is 0.350. The minimum Gasteiger partial charge on any atom is -0.507 e.